The predicted molar refractivity (Wildman–Crippen MR) is 77.4 cm³/mol. The molecule has 4 nitrogen and oxygen atoms in total. The summed E-state index contributed by atoms with van der Waals surface area (Å²) in [5.41, 5.74) is 6.52. The van der Waals surface area contributed by atoms with Crippen molar-refractivity contribution in [1.29, 1.82) is 0 Å². The van der Waals surface area contributed by atoms with Crippen LogP contribution in [0.25, 0.3) is 0 Å². The first kappa shape index (κ1) is 13.9. The van der Waals surface area contributed by atoms with Crippen molar-refractivity contribution in [2.24, 2.45) is 0 Å². The first-order valence-corrected chi connectivity index (χ1v) is 8.13. The van der Waals surface area contributed by atoms with Crippen LogP contribution in [0.4, 0.5) is 10.1 Å². The van der Waals surface area contributed by atoms with Crippen molar-refractivity contribution in [3.63, 3.8) is 0 Å². The molecular weight excluding hydrogens is 293 g/mol. The SMILES string of the molecule is Nc1cc(F)ccc1S(=O)(=O)CC1Cc2ccccc2O1. The van der Waals surface area contributed by atoms with Gasteiger partial charge in [0.1, 0.15) is 17.7 Å². The zero-order valence-corrected chi connectivity index (χ0v) is 11.9. The van der Waals surface area contributed by atoms with Crippen LogP contribution in [0, 0.1) is 5.82 Å². The molecule has 1 heterocycles. The summed E-state index contributed by atoms with van der Waals surface area (Å²) in [7, 11) is -3.63. The first-order chi connectivity index (χ1) is 9.95. The molecule has 110 valence electrons. The third kappa shape index (κ3) is 2.71. The Hall–Kier alpha value is -2.08. The molecule has 0 saturated heterocycles. The van der Waals surface area contributed by atoms with Crippen LogP contribution in [-0.2, 0) is 16.3 Å². The van der Waals surface area contributed by atoms with E-state index in [1.807, 2.05) is 24.3 Å². The minimum absolute atomic E-state index is 0.0524. The Bertz CT molecular complexity index is 764. The molecule has 1 aliphatic heterocycles. The fourth-order valence-electron chi connectivity index (χ4n) is 2.48. The van der Waals surface area contributed by atoms with Crippen molar-refractivity contribution in [2.75, 3.05) is 11.5 Å². The third-order valence-electron chi connectivity index (χ3n) is 3.43. The van der Waals surface area contributed by atoms with Gasteiger partial charge in [0.05, 0.1) is 16.3 Å². The highest BCUT2D eigenvalue weighted by Gasteiger charge is 2.29. The number of para-hydroxylation sites is 1. The van der Waals surface area contributed by atoms with Gasteiger partial charge >= 0.3 is 0 Å². The second kappa shape index (κ2) is 5.04. The van der Waals surface area contributed by atoms with E-state index in [2.05, 4.69) is 0 Å². The number of nitrogens with two attached hydrogens (primary N) is 1. The van der Waals surface area contributed by atoms with E-state index < -0.39 is 21.8 Å². The van der Waals surface area contributed by atoms with Gasteiger partial charge in [-0.25, -0.2) is 12.8 Å². The fourth-order valence-corrected chi connectivity index (χ4v) is 4.03. The number of sulfone groups is 1. The fraction of sp³-hybridized carbons (Fsp3) is 0.200. The molecule has 0 radical (unpaired) electrons. The Morgan fingerprint density at radius 2 is 2.00 bits per heavy atom. The van der Waals surface area contributed by atoms with Crippen molar-refractivity contribution < 1.29 is 17.5 Å². The number of benzene rings is 2. The Labute approximate surface area is 122 Å². The van der Waals surface area contributed by atoms with Crippen LogP contribution in [0.5, 0.6) is 5.75 Å². The lowest BCUT2D eigenvalue weighted by atomic mass is 10.1. The summed E-state index contributed by atoms with van der Waals surface area (Å²) in [5, 5.41) is 0. The standard InChI is InChI=1S/C15H14FNO3S/c16-11-5-6-15(13(17)8-11)21(18,19)9-12-7-10-3-1-2-4-14(10)20-12/h1-6,8,12H,7,9,17H2. The van der Waals surface area contributed by atoms with Crippen molar-refractivity contribution >= 4 is 15.5 Å². The Morgan fingerprint density at radius 3 is 2.71 bits per heavy atom. The van der Waals surface area contributed by atoms with E-state index in [1.165, 1.54) is 6.07 Å². The van der Waals surface area contributed by atoms with Crippen LogP contribution in [0.1, 0.15) is 5.56 Å². The van der Waals surface area contributed by atoms with E-state index in [4.69, 9.17) is 10.5 Å². The number of hydrogen-bond donors (Lipinski definition) is 1. The molecule has 2 N–H and O–H groups in total. The highest BCUT2D eigenvalue weighted by Crippen LogP contribution is 2.30. The topological polar surface area (TPSA) is 69.4 Å². The minimum Gasteiger partial charge on any atom is -0.489 e. The number of nitrogen functional groups attached to an aromatic ring is 1. The highest BCUT2D eigenvalue weighted by atomic mass is 32.2. The van der Waals surface area contributed by atoms with E-state index in [9.17, 15) is 12.8 Å². The summed E-state index contributed by atoms with van der Waals surface area (Å²) in [4.78, 5) is -0.0524. The molecule has 0 bridgehead atoms. The zero-order chi connectivity index (χ0) is 15.0. The number of ether oxygens (including phenoxy) is 1. The lowest BCUT2D eigenvalue weighted by Crippen LogP contribution is -2.25. The van der Waals surface area contributed by atoms with Gasteiger partial charge < -0.3 is 10.5 Å². The maximum atomic E-state index is 13.0. The van der Waals surface area contributed by atoms with Gasteiger partial charge in [-0.1, -0.05) is 18.2 Å². The summed E-state index contributed by atoms with van der Waals surface area (Å²) in [6.07, 6.45) is 0.0908. The van der Waals surface area contributed by atoms with E-state index in [1.54, 1.807) is 0 Å². The molecule has 21 heavy (non-hydrogen) atoms. The van der Waals surface area contributed by atoms with Crippen LogP contribution in [0.2, 0.25) is 0 Å². The molecule has 0 aromatic heterocycles. The van der Waals surface area contributed by atoms with E-state index in [0.717, 1.165) is 17.7 Å². The zero-order valence-electron chi connectivity index (χ0n) is 11.1. The molecule has 2 aromatic rings. The third-order valence-corrected chi connectivity index (χ3v) is 5.28. The maximum absolute atomic E-state index is 13.0. The van der Waals surface area contributed by atoms with Crippen molar-refractivity contribution in [3.05, 3.63) is 53.8 Å². The second-order valence-corrected chi connectivity index (χ2v) is 7.02. The van der Waals surface area contributed by atoms with Crippen molar-refractivity contribution in [1.82, 2.24) is 0 Å². The number of hydrogen-bond acceptors (Lipinski definition) is 4. The van der Waals surface area contributed by atoms with Gasteiger partial charge in [-0.15, -0.1) is 0 Å². The molecule has 0 fully saturated rings. The van der Waals surface area contributed by atoms with E-state index >= 15 is 0 Å². The number of anilines is 1. The van der Waals surface area contributed by atoms with Gasteiger partial charge in [0.25, 0.3) is 0 Å². The van der Waals surface area contributed by atoms with Crippen LogP contribution in [0.3, 0.4) is 0 Å². The lowest BCUT2D eigenvalue weighted by molar-refractivity contribution is 0.256. The average Bonchev–Trinajstić information content (AvgIpc) is 2.79. The molecule has 1 atom stereocenters. The van der Waals surface area contributed by atoms with E-state index in [0.29, 0.717) is 12.2 Å². The summed E-state index contributed by atoms with van der Waals surface area (Å²) >= 11 is 0. The monoisotopic (exact) mass is 307 g/mol. The largest absolute Gasteiger partial charge is 0.489 e. The smallest absolute Gasteiger partial charge is 0.184 e. The summed E-state index contributed by atoms with van der Waals surface area (Å²) in [6.45, 7) is 0. The predicted octanol–water partition coefficient (Wildman–Crippen LogP) is 2.19. The number of fused-ring (bicyclic) bond motifs is 1. The van der Waals surface area contributed by atoms with Gasteiger partial charge in [0, 0.05) is 6.42 Å². The molecular formula is C15H14FNO3S. The van der Waals surface area contributed by atoms with Crippen LogP contribution in [0.15, 0.2) is 47.4 Å². The summed E-state index contributed by atoms with van der Waals surface area (Å²) in [6, 6.07) is 10.7. The van der Waals surface area contributed by atoms with Gasteiger partial charge in [-0.05, 0) is 29.8 Å². The molecule has 1 aliphatic rings. The molecule has 0 spiro atoms. The molecule has 0 amide bonds. The summed E-state index contributed by atoms with van der Waals surface area (Å²) < 4.78 is 43.4. The van der Waals surface area contributed by atoms with Crippen LogP contribution < -0.4 is 10.5 Å². The molecule has 0 saturated carbocycles. The Morgan fingerprint density at radius 1 is 1.24 bits per heavy atom. The van der Waals surface area contributed by atoms with Crippen molar-refractivity contribution in [3.8, 4) is 5.75 Å². The normalized spacial score (nSPS) is 17.3. The highest BCUT2D eigenvalue weighted by molar-refractivity contribution is 7.91. The molecule has 0 aliphatic carbocycles. The number of rotatable bonds is 3. The average molecular weight is 307 g/mol. The molecule has 2 aromatic carbocycles. The molecule has 1 unspecified atom stereocenters. The summed E-state index contributed by atoms with van der Waals surface area (Å²) in [5.74, 6) is -0.0296. The second-order valence-electron chi connectivity index (χ2n) is 5.02. The minimum atomic E-state index is -3.63. The quantitative estimate of drug-likeness (QED) is 0.697. The van der Waals surface area contributed by atoms with Crippen LogP contribution in [-0.4, -0.2) is 20.3 Å². The molecule has 6 heteroatoms. The van der Waals surface area contributed by atoms with Gasteiger partial charge in [0.2, 0.25) is 0 Å². The van der Waals surface area contributed by atoms with Gasteiger partial charge in [-0.3, -0.25) is 0 Å². The van der Waals surface area contributed by atoms with Crippen molar-refractivity contribution in [2.45, 2.75) is 17.4 Å². The van der Waals surface area contributed by atoms with Gasteiger partial charge in [-0.2, -0.15) is 0 Å². The number of halogens is 1. The maximum Gasteiger partial charge on any atom is 0.184 e. The van der Waals surface area contributed by atoms with Crippen LogP contribution >= 0.6 is 0 Å². The first-order valence-electron chi connectivity index (χ1n) is 6.48. The van der Waals surface area contributed by atoms with E-state index in [-0.39, 0.29) is 16.3 Å². The Kier molecular flexibility index (Phi) is 3.33. The Balaban J connectivity index is 1.82. The molecule has 3 rings (SSSR count). The van der Waals surface area contributed by atoms with Gasteiger partial charge in [0.15, 0.2) is 9.84 Å². The lowest BCUT2D eigenvalue weighted by Gasteiger charge is -2.12.